The molecule has 1 rings (SSSR count). The number of hydrogen-bond donors (Lipinski definition) is 0. The predicted molar refractivity (Wildman–Crippen MR) is 61.4 cm³/mol. The quantitative estimate of drug-likeness (QED) is 0.672. The number of halogens is 3. The van der Waals surface area contributed by atoms with E-state index in [0.29, 0.717) is 13.1 Å². The Morgan fingerprint density at radius 1 is 1.12 bits per heavy atom. The van der Waals surface area contributed by atoms with Crippen LogP contribution in [0.1, 0.15) is 13.3 Å². The van der Waals surface area contributed by atoms with Crippen LogP contribution in [-0.4, -0.2) is 56.0 Å². The lowest BCUT2D eigenvalue weighted by molar-refractivity contribution is 0.141. The van der Waals surface area contributed by atoms with E-state index in [1.165, 1.54) is 0 Å². The van der Waals surface area contributed by atoms with Crippen LogP contribution in [0.2, 0.25) is 0 Å². The van der Waals surface area contributed by atoms with Crippen LogP contribution in [0.15, 0.2) is 12.1 Å². The summed E-state index contributed by atoms with van der Waals surface area (Å²) in [6, 6.07) is 0. The van der Waals surface area contributed by atoms with Gasteiger partial charge in [-0.25, -0.2) is 0 Å². The molecule has 0 N–H and O–H groups in total. The van der Waals surface area contributed by atoms with E-state index in [9.17, 15) is 12.9 Å². The second-order valence-corrected chi connectivity index (χ2v) is 4.35. The molecule has 0 radical (unpaired) electrons. The average Bonchev–Trinajstić information content (AvgIpc) is 2.20. The second kappa shape index (κ2) is 5.73. The van der Waals surface area contributed by atoms with E-state index in [0.717, 1.165) is 26.1 Å². The Kier molecular flexibility index (Phi) is 4.86. The first-order valence-corrected chi connectivity index (χ1v) is 5.75. The highest BCUT2D eigenvalue weighted by Crippen LogP contribution is 2.19. The van der Waals surface area contributed by atoms with Crippen LogP contribution in [0.5, 0.6) is 0 Å². The summed E-state index contributed by atoms with van der Waals surface area (Å²) in [6.45, 7) is 4.54. The normalized spacial score (nSPS) is 20.0. The summed E-state index contributed by atoms with van der Waals surface area (Å²) in [4.78, 5) is 4.13. The molecule has 0 aliphatic carbocycles. The lowest BCUT2D eigenvalue weighted by atomic mass is 9.80. The fraction of sp³-hybridized carbons (Fsp3) is 0.800. The molecular weight excluding hydrogens is 216 g/mol. The molecule has 0 bridgehead atoms. The third-order valence-electron chi connectivity index (χ3n) is 2.89. The van der Waals surface area contributed by atoms with E-state index in [1.54, 1.807) is 0 Å². The maximum Gasteiger partial charge on any atom is 0.506 e. The van der Waals surface area contributed by atoms with Crippen LogP contribution in [-0.2, 0) is 0 Å². The third kappa shape index (κ3) is 4.18. The van der Waals surface area contributed by atoms with Crippen molar-refractivity contribution in [3.8, 4) is 0 Å². The highest BCUT2D eigenvalue weighted by atomic mass is 19.4. The zero-order valence-corrected chi connectivity index (χ0v) is 9.76. The first-order valence-electron chi connectivity index (χ1n) is 5.75. The second-order valence-electron chi connectivity index (χ2n) is 4.35. The molecule has 0 spiro atoms. The molecule has 0 aromatic carbocycles. The standard InChI is InChI=1S/C10H19BF3N2/c1-3-4-15-5-7-16(8-6-15)9-10(2)11(12,13)14/h2-9H2,1H3/q-1. The molecular formula is C10H19BF3N2-. The predicted octanol–water partition coefficient (Wildman–Crippen LogP) is 1.96. The summed E-state index contributed by atoms with van der Waals surface area (Å²) in [7, 11) is 0. The zero-order chi connectivity index (χ0) is 12.2. The minimum Gasteiger partial charge on any atom is -0.445 e. The molecule has 1 heterocycles. The van der Waals surface area contributed by atoms with Crippen molar-refractivity contribution < 1.29 is 12.9 Å². The van der Waals surface area contributed by atoms with Crippen molar-refractivity contribution in [2.75, 3.05) is 39.3 Å². The molecule has 0 unspecified atom stereocenters. The Bertz CT molecular complexity index is 235. The Hall–Kier alpha value is -0.485. The fourth-order valence-electron chi connectivity index (χ4n) is 1.88. The summed E-state index contributed by atoms with van der Waals surface area (Å²) in [5, 5.41) is 0. The number of nitrogens with zero attached hydrogens (tertiary/aromatic N) is 2. The molecule has 1 saturated heterocycles. The van der Waals surface area contributed by atoms with Gasteiger partial charge in [-0.05, 0) is 19.5 Å². The third-order valence-corrected chi connectivity index (χ3v) is 2.89. The van der Waals surface area contributed by atoms with Gasteiger partial charge in [-0.15, -0.1) is 12.1 Å². The van der Waals surface area contributed by atoms with Gasteiger partial charge in [0.1, 0.15) is 0 Å². The number of hydrogen-bond acceptors (Lipinski definition) is 2. The van der Waals surface area contributed by atoms with Crippen LogP contribution in [0, 0.1) is 0 Å². The maximum atomic E-state index is 12.3. The minimum atomic E-state index is -4.87. The van der Waals surface area contributed by atoms with Crippen LogP contribution in [0.3, 0.4) is 0 Å². The molecule has 0 atom stereocenters. The van der Waals surface area contributed by atoms with Crippen LogP contribution < -0.4 is 0 Å². The Labute approximate surface area is 95.2 Å². The van der Waals surface area contributed by atoms with Crippen molar-refractivity contribution in [1.29, 1.82) is 0 Å². The van der Waals surface area contributed by atoms with Gasteiger partial charge in [0.05, 0.1) is 0 Å². The van der Waals surface area contributed by atoms with Crippen LogP contribution in [0.4, 0.5) is 12.9 Å². The summed E-state index contributed by atoms with van der Waals surface area (Å²) < 4.78 is 37.0. The Morgan fingerprint density at radius 2 is 1.62 bits per heavy atom. The highest BCUT2D eigenvalue weighted by molar-refractivity contribution is 6.66. The molecule has 0 saturated carbocycles. The van der Waals surface area contributed by atoms with Gasteiger partial charge in [0.15, 0.2) is 0 Å². The monoisotopic (exact) mass is 235 g/mol. The van der Waals surface area contributed by atoms with Crippen molar-refractivity contribution in [2.45, 2.75) is 13.3 Å². The van der Waals surface area contributed by atoms with Gasteiger partial charge in [-0.2, -0.15) is 0 Å². The van der Waals surface area contributed by atoms with E-state index >= 15 is 0 Å². The summed E-state index contributed by atoms with van der Waals surface area (Å²) in [5.74, 6) is 0. The first kappa shape index (κ1) is 13.6. The lowest BCUT2D eigenvalue weighted by Gasteiger charge is -2.36. The van der Waals surface area contributed by atoms with Crippen molar-refractivity contribution in [3.63, 3.8) is 0 Å². The van der Waals surface area contributed by atoms with E-state index in [-0.39, 0.29) is 6.54 Å². The van der Waals surface area contributed by atoms with E-state index < -0.39 is 12.4 Å². The number of piperazine rings is 1. The number of rotatable bonds is 5. The summed E-state index contributed by atoms with van der Waals surface area (Å²) >= 11 is 0. The molecule has 1 fully saturated rings. The van der Waals surface area contributed by atoms with Gasteiger partial charge >= 0.3 is 6.98 Å². The van der Waals surface area contributed by atoms with Gasteiger partial charge in [0.2, 0.25) is 0 Å². The van der Waals surface area contributed by atoms with E-state index in [4.69, 9.17) is 0 Å². The molecule has 6 heteroatoms. The zero-order valence-electron chi connectivity index (χ0n) is 9.76. The van der Waals surface area contributed by atoms with Crippen LogP contribution >= 0.6 is 0 Å². The Balaban J connectivity index is 2.30. The van der Waals surface area contributed by atoms with Gasteiger partial charge in [0.25, 0.3) is 0 Å². The minimum absolute atomic E-state index is 0.0243. The maximum absolute atomic E-state index is 12.3. The SMILES string of the molecule is C=C(CN1CCN(CCC)CC1)[B-](F)(F)F. The topological polar surface area (TPSA) is 6.48 Å². The lowest BCUT2D eigenvalue weighted by Crippen LogP contribution is -2.48. The van der Waals surface area contributed by atoms with Gasteiger partial charge in [0, 0.05) is 26.2 Å². The Morgan fingerprint density at radius 3 is 2.06 bits per heavy atom. The molecule has 94 valence electrons. The molecule has 2 nitrogen and oxygen atoms in total. The molecule has 1 aliphatic heterocycles. The van der Waals surface area contributed by atoms with E-state index in [2.05, 4.69) is 18.4 Å². The van der Waals surface area contributed by atoms with Gasteiger partial charge < -0.3 is 17.8 Å². The smallest absolute Gasteiger partial charge is 0.445 e. The highest BCUT2D eigenvalue weighted by Gasteiger charge is 2.28. The molecule has 0 aromatic rings. The van der Waals surface area contributed by atoms with E-state index in [1.807, 2.05) is 4.90 Å². The summed E-state index contributed by atoms with van der Waals surface area (Å²) in [5.41, 5.74) is -0.580. The summed E-state index contributed by atoms with van der Waals surface area (Å²) in [6.07, 6.45) is 1.10. The van der Waals surface area contributed by atoms with Gasteiger partial charge in [-0.3, -0.25) is 4.90 Å². The van der Waals surface area contributed by atoms with Crippen molar-refractivity contribution >= 4 is 6.98 Å². The molecule has 16 heavy (non-hydrogen) atoms. The fourth-order valence-corrected chi connectivity index (χ4v) is 1.88. The van der Waals surface area contributed by atoms with Crippen LogP contribution in [0.25, 0.3) is 0 Å². The molecule has 0 amide bonds. The van der Waals surface area contributed by atoms with Gasteiger partial charge in [-0.1, -0.05) is 6.92 Å². The van der Waals surface area contributed by atoms with Crippen molar-refractivity contribution in [2.24, 2.45) is 0 Å². The first-order chi connectivity index (χ1) is 7.43. The van der Waals surface area contributed by atoms with Crippen molar-refractivity contribution in [1.82, 2.24) is 9.80 Å². The molecule has 0 aromatic heterocycles. The largest absolute Gasteiger partial charge is 0.506 e. The average molecular weight is 235 g/mol. The molecule has 1 aliphatic rings. The van der Waals surface area contributed by atoms with Crippen molar-refractivity contribution in [3.05, 3.63) is 12.1 Å².